The maximum absolute atomic E-state index is 12.2. The molecule has 5 heteroatoms. The number of aryl methyl sites for hydroxylation is 2. The Kier molecular flexibility index (Phi) is 5.76. The second-order valence-corrected chi connectivity index (χ2v) is 6.57. The van der Waals surface area contributed by atoms with Gasteiger partial charge in [0.2, 0.25) is 5.91 Å². The quantitative estimate of drug-likeness (QED) is 0.876. The van der Waals surface area contributed by atoms with Gasteiger partial charge in [-0.3, -0.25) is 4.79 Å². The number of nitrogens with one attached hydrogen (secondary N) is 1. The van der Waals surface area contributed by atoms with Crippen LogP contribution in [0.3, 0.4) is 0 Å². The Morgan fingerprint density at radius 1 is 1.04 bits per heavy atom. The van der Waals surface area contributed by atoms with Crippen molar-refractivity contribution in [1.82, 2.24) is 4.57 Å². The van der Waals surface area contributed by atoms with E-state index in [0.717, 1.165) is 45.0 Å². The largest absolute Gasteiger partial charge is 0.378 e. The fraction of sp³-hybridized carbons (Fsp3) is 0.450. The monoisotopic (exact) mass is 341 g/mol. The number of rotatable bonds is 6. The lowest BCUT2D eigenvalue weighted by molar-refractivity contribution is -0.116. The first-order chi connectivity index (χ1) is 12.1. The summed E-state index contributed by atoms with van der Waals surface area (Å²) in [5.74, 6) is 0.0709. The molecule has 0 unspecified atom stereocenters. The van der Waals surface area contributed by atoms with E-state index in [9.17, 15) is 4.79 Å². The minimum Gasteiger partial charge on any atom is -0.378 e. The van der Waals surface area contributed by atoms with Crippen LogP contribution in [0.4, 0.5) is 11.4 Å². The van der Waals surface area contributed by atoms with E-state index in [1.807, 2.05) is 12.1 Å². The minimum atomic E-state index is 0.0709. The number of benzene rings is 1. The predicted molar refractivity (Wildman–Crippen MR) is 101 cm³/mol. The zero-order chi connectivity index (χ0) is 17.6. The maximum atomic E-state index is 12.2. The normalized spacial score (nSPS) is 14.6. The summed E-state index contributed by atoms with van der Waals surface area (Å²) in [5.41, 5.74) is 4.53. The van der Waals surface area contributed by atoms with Crippen LogP contribution in [0.15, 0.2) is 36.4 Å². The summed E-state index contributed by atoms with van der Waals surface area (Å²) in [4.78, 5) is 14.5. The second kappa shape index (κ2) is 8.21. The summed E-state index contributed by atoms with van der Waals surface area (Å²) < 4.78 is 7.63. The average molecular weight is 341 g/mol. The van der Waals surface area contributed by atoms with Crippen molar-refractivity contribution in [1.29, 1.82) is 0 Å². The Morgan fingerprint density at radius 2 is 1.68 bits per heavy atom. The Labute approximate surface area is 149 Å². The third-order valence-corrected chi connectivity index (χ3v) is 4.73. The van der Waals surface area contributed by atoms with Crippen LogP contribution in [0.2, 0.25) is 0 Å². The van der Waals surface area contributed by atoms with Gasteiger partial charge in [-0.15, -0.1) is 0 Å². The van der Waals surface area contributed by atoms with Crippen molar-refractivity contribution in [2.75, 3.05) is 36.5 Å². The molecule has 5 nitrogen and oxygen atoms in total. The topological polar surface area (TPSA) is 46.5 Å². The molecule has 0 saturated carbocycles. The number of hydrogen-bond donors (Lipinski definition) is 1. The molecule has 25 heavy (non-hydrogen) atoms. The molecule has 1 aliphatic heterocycles. The molecule has 1 aliphatic rings. The minimum absolute atomic E-state index is 0.0709. The summed E-state index contributed by atoms with van der Waals surface area (Å²) in [6, 6.07) is 12.3. The van der Waals surface area contributed by atoms with Crippen molar-refractivity contribution in [3.8, 4) is 0 Å². The summed E-state index contributed by atoms with van der Waals surface area (Å²) in [6.45, 7) is 8.48. The van der Waals surface area contributed by atoms with E-state index >= 15 is 0 Å². The molecule has 0 bridgehead atoms. The molecule has 1 amide bonds. The predicted octanol–water partition coefficient (Wildman–Crippen LogP) is 3.36. The number of nitrogens with zero attached hydrogens (tertiary/aromatic N) is 2. The van der Waals surface area contributed by atoms with Crippen LogP contribution in [0.25, 0.3) is 0 Å². The second-order valence-electron chi connectivity index (χ2n) is 6.57. The number of carbonyl (C=O) groups excluding carboxylic acids is 1. The lowest BCUT2D eigenvalue weighted by Crippen LogP contribution is -2.36. The lowest BCUT2D eigenvalue weighted by Gasteiger charge is -2.28. The zero-order valence-electron chi connectivity index (χ0n) is 15.1. The van der Waals surface area contributed by atoms with Gasteiger partial charge in [-0.25, -0.2) is 0 Å². The number of amides is 1. The molecule has 1 saturated heterocycles. The van der Waals surface area contributed by atoms with Gasteiger partial charge in [0.1, 0.15) is 0 Å². The standard InChI is InChI=1S/C20H27N3O2/c1-16-5-6-17(2)23(16)11-3-4-20(24)21-18-7-9-19(10-8-18)22-12-14-25-15-13-22/h5-10H,3-4,11-15H2,1-2H3,(H,21,24). The molecule has 1 aromatic carbocycles. The highest BCUT2D eigenvalue weighted by molar-refractivity contribution is 5.90. The van der Waals surface area contributed by atoms with Crippen molar-refractivity contribution in [3.05, 3.63) is 47.8 Å². The summed E-state index contributed by atoms with van der Waals surface area (Å²) >= 11 is 0. The van der Waals surface area contributed by atoms with Crippen molar-refractivity contribution < 1.29 is 9.53 Å². The van der Waals surface area contributed by atoms with Gasteiger partial charge in [-0.2, -0.15) is 0 Å². The van der Waals surface area contributed by atoms with Crippen LogP contribution >= 0.6 is 0 Å². The number of hydrogen-bond acceptors (Lipinski definition) is 3. The Morgan fingerprint density at radius 3 is 2.32 bits per heavy atom. The Hall–Kier alpha value is -2.27. The molecule has 1 aromatic heterocycles. The van der Waals surface area contributed by atoms with Gasteiger partial charge in [0.15, 0.2) is 0 Å². The van der Waals surface area contributed by atoms with Gasteiger partial charge in [0, 0.05) is 48.8 Å². The first-order valence-corrected chi connectivity index (χ1v) is 8.99. The smallest absolute Gasteiger partial charge is 0.224 e. The third kappa shape index (κ3) is 4.63. The molecule has 0 atom stereocenters. The Bertz CT molecular complexity index is 681. The van der Waals surface area contributed by atoms with Gasteiger partial charge in [0.05, 0.1) is 13.2 Å². The van der Waals surface area contributed by atoms with E-state index in [-0.39, 0.29) is 5.91 Å². The number of aromatic nitrogens is 1. The van der Waals surface area contributed by atoms with Crippen LogP contribution in [0.5, 0.6) is 0 Å². The fourth-order valence-electron chi connectivity index (χ4n) is 3.25. The van der Waals surface area contributed by atoms with Gasteiger partial charge in [-0.1, -0.05) is 0 Å². The van der Waals surface area contributed by atoms with Crippen molar-refractivity contribution in [2.45, 2.75) is 33.2 Å². The molecule has 0 radical (unpaired) electrons. The van der Waals surface area contributed by atoms with Gasteiger partial charge < -0.3 is 19.5 Å². The summed E-state index contributed by atoms with van der Waals surface area (Å²) in [7, 11) is 0. The summed E-state index contributed by atoms with van der Waals surface area (Å²) in [5, 5.41) is 2.99. The van der Waals surface area contributed by atoms with Gasteiger partial charge >= 0.3 is 0 Å². The van der Waals surface area contributed by atoms with Crippen LogP contribution < -0.4 is 10.2 Å². The fourth-order valence-corrected chi connectivity index (χ4v) is 3.25. The van der Waals surface area contributed by atoms with Crippen LogP contribution in [-0.2, 0) is 16.1 Å². The van der Waals surface area contributed by atoms with E-state index in [1.54, 1.807) is 0 Å². The molecule has 3 rings (SSSR count). The highest BCUT2D eigenvalue weighted by atomic mass is 16.5. The van der Waals surface area contributed by atoms with Crippen LogP contribution in [-0.4, -0.2) is 36.8 Å². The van der Waals surface area contributed by atoms with Crippen molar-refractivity contribution in [3.63, 3.8) is 0 Å². The molecule has 1 fully saturated rings. The van der Waals surface area contributed by atoms with Gasteiger partial charge in [-0.05, 0) is 56.7 Å². The molecule has 0 aliphatic carbocycles. The van der Waals surface area contributed by atoms with E-state index in [2.05, 4.69) is 52.9 Å². The van der Waals surface area contributed by atoms with E-state index < -0.39 is 0 Å². The molecular formula is C20H27N3O2. The van der Waals surface area contributed by atoms with Crippen LogP contribution in [0.1, 0.15) is 24.2 Å². The first-order valence-electron chi connectivity index (χ1n) is 8.99. The Balaban J connectivity index is 1.46. The first kappa shape index (κ1) is 17.5. The van der Waals surface area contributed by atoms with E-state index in [0.29, 0.717) is 6.42 Å². The number of morpholine rings is 1. The van der Waals surface area contributed by atoms with E-state index in [1.165, 1.54) is 17.1 Å². The summed E-state index contributed by atoms with van der Waals surface area (Å²) in [6.07, 6.45) is 1.37. The lowest BCUT2D eigenvalue weighted by atomic mass is 10.2. The van der Waals surface area contributed by atoms with Crippen molar-refractivity contribution in [2.24, 2.45) is 0 Å². The maximum Gasteiger partial charge on any atom is 0.224 e. The zero-order valence-corrected chi connectivity index (χ0v) is 15.1. The highest BCUT2D eigenvalue weighted by Crippen LogP contribution is 2.19. The number of carbonyl (C=O) groups is 1. The third-order valence-electron chi connectivity index (χ3n) is 4.73. The van der Waals surface area contributed by atoms with Crippen molar-refractivity contribution >= 4 is 17.3 Å². The SMILES string of the molecule is Cc1ccc(C)n1CCCC(=O)Nc1ccc(N2CCOCC2)cc1. The van der Waals surface area contributed by atoms with Crippen LogP contribution in [0, 0.1) is 13.8 Å². The molecule has 134 valence electrons. The van der Waals surface area contributed by atoms with Gasteiger partial charge in [0.25, 0.3) is 0 Å². The number of ether oxygens (including phenoxy) is 1. The molecule has 2 aromatic rings. The average Bonchev–Trinajstić information content (AvgIpc) is 2.95. The highest BCUT2D eigenvalue weighted by Gasteiger charge is 2.11. The number of anilines is 2. The molecule has 0 spiro atoms. The molecule has 1 N–H and O–H groups in total. The molecular weight excluding hydrogens is 314 g/mol. The molecule has 2 heterocycles. The van der Waals surface area contributed by atoms with E-state index in [4.69, 9.17) is 4.74 Å².